The number of anilines is 1. The number of pyridine rings is 1. The second-order valence-electron chi connectivity index (χ2n) is 3.25. The number of carbonyl (C=O) groups is 1. The monoisotopic (exact) mass is 271 g/mol. The van der Waals surface area contributed by atoms with E-state index in [0.29, 0.717) is 5.56 Å². The van der Waals surface area contributed by atoms with E-state index in [9.17, 15) is 13.2 Å². The zero-order chi connectivity index (χ0) is 13.6. The van der Waals surface area contributed by atoms with Gasteiger partial charge < -0.3 is 5.11 Å². The molecule has 7 nitrogen and oxygen atoms in total. The van der Waals surface area contributed by atoms with Crippen LogP contribution in [0.1, 0.15) is 12.5 Å². The molecule has 1 aromatic heterocycles. The molecule has 3 N–H and O–H groups in total. The predicted molar refractivity (Wildman–Crippen MR) is 67.1 cm³/mol. The highest BCUT2D eigenvalue weighted by molar-refractivity contribution is 7.90. The molecule has 0 aliphatic rings. The minimum Gasteiger partial charge on any atom is -0.478 e. The molecule has 1 rings (SSSR count). The molecule has 0 amide bonds. The van der Waals surface area contributed by atoms with E-state index in [1.165, 1.54) is 18.3 Å². The maximum atomic E-state index is 11.4. The van der Waals surface area contributed by atoms with E-state index in [1.807, 2.05) is 0 Å². The fourth-order valence-corrected chi connectivity index (χ4v) is 1.98. The lowest BCUT2D eigenvalue weighted by Crippen LogP contribution is -2.30. The van der Waals surface area contributed by atoms with E-state index in [2.05, 4.69) is 14.4 Å². The number of carboxylic acids is 1. The van der Waals surface area contributed by atoms with Gasteiger partial charge in [0.05, 0.1) is 0 Å². The average Bonchev–Trinajstić information content (AvgIpc) is 2.26. The summed E-state index contributed by atoms with van der Waals surface area (Å²) in [6.45, 7) is 1.91. The molecule has 98 valence electrons. The molecule has 1 heterocycles. The lowest BCUT2D eigenvalue weighted by molar-refractivity contribution is -0.131. The maximum absolute atomic E-state index is 11.4. The number of aromatic nitrogens is 1. The van der Waals surface area contributed by atoms with Crippen LogP contribution in [0.3, 0.4) is 0 Å². The normalized spacial score (nSPS) is 11.6. The predicted octanol–water partition coefficient (Wildman–Crippen LogP) is 0.446. The lowest BCUT2D eigenvalue weighted by atomic mass is 10.2. The second-order valence-corrected chi connectivity index (χ2v) is 4.75. The van der Waals surface area contributed by atoms with Gasteiger partial charge in [0.2, 0.25) is 0 Å². The van der Waals surface area contributed by atoms with Gasteiger partial charge in [-0.2, -0.15) is 13.1 Å². The molecule has 0 fully saturated rings. The van der Waals surface area contributed by atoms with Crippen molar-refractivity contribution in [2.75, 3.05) is 11.3 Å². The third kappa shape index (κ3) is 4.93. The summed E-state index contributed by atoms with van der Waals surface area (Å²) in [5.74, 6) is -0.968. The standard InChI is InChI=1S/C10H13N3O4S/c1-2-12-18(16,17)13-9-7-8(5-6-11-9)3-4-10(14)15/h3-7,12H,2H2,1H3,(H,11,13)(H,14,15)/b4-3+. The first kappa shape index (κ1) is 14.1. The number of nitrogens with one attached hydrogen (secondary N) is 2. The molecule has 18 heavy (non-hydrogen) atoms. The van der Waals surface area contributed by atoms with Gasteiger partial charge in [-0.25, -0.2) is 9.78 Å². The Hall–Kier alpha value is -1.93. The van der Waals surface area contributed by atoms with E-state index < -0.39 is 16.2 Å². The Morgan fingerprint density at radius 1 is 1.56 bits per heavy atom. The molecular formula is C10H13N3O4S. The van der Waals surface area contributed by atoms with Gasteiger partial charge in [-0.1, -0.05) is 6.92 Å². The van der Waals surface area contributed by atoms with E-state index in [4.69, 9.17) is 5.11 Å². The number of hydrogen-bond acceptors (Lipinski definition) is 4. The second kappa shape index (κ2) is 6.12. The van der Waals surface area contributed by atoms with Crippen molar-refractivity contribution in [3.8, 4) is 0 Å². The summed E-state index contributed by atoms with van der Waals surface area (Å²) in [6.07, 6.45) is 3.68. The van der Waals surface area contributed by atoms with Crippen molar-refractivity contribution < 1.29 is 18.3 Å². The minimum atomic E-state index is -3.64. The summed E-state index contributed by atoms with van der Waals surface area (Å²) < 4.78 is 27.3. The molecule has 0 radical (unpaired) electrons. The number of nitrogens with zero attached hydrogens (tertiary/aromatic N) is 1. The molecule has 0 unspecified atom stereocenters. The molecular weight excluding hydrogens is 258 g/mol. The van der Waals surface area contributed by atoms with Gasteiger partial charge >= 0.3 is 5.97 Å². The number of rotatable bonds is 6. The highest BCUT2D eigenvalue weighted by Crippen LogP contribution is 2.09. The fourth-order valence-electron chi connectivity index (χ4n) is 1.14. The number of aliphatic carboxylic acids is 1. The van der Waals surface area contributed by atoms with Crippen LogP contribution in [-0.2, 0) is 15.0 Å². The first-order chi connectivity index (χ1) is 8.43. The number of carboxylic acid groups (broad SMARTS) is 1. The smallest absolute Gasteiger partial charge is 0.328 e. The summed E-state index contributed by atoms with van der Waals surface area (Å²) in [7, 11) is -3.64. The van der Waals surface area contributed by atoms with Gasteiger partial charge in [0.25, 0.3) is 10.2 Å². The molecule has 0 aromatic carbocycles. The highest BCUT2D eigenvalue weighted by atomic mass is 32.2. The van der Waals surface area contributed by atoms with Gasteiger partial charge in [-0.05, 0) is 23.8 Å². The molecule has 0 saturated carbocycles. The van der Waals surface area contributed by atoms with Crippen LogP contribution < -0.4 is 9.44 Å². The van der Waals surface area contributed by atoms with Crippen molar-refractivity contribution in [1.82, 2.24) is 9.71 Å². The molecule has 0 spiro atoms. The zero-order valence-corrected chi connectivity index (χ0v) is 10.4. The Balaban J connectivity index is 2.86. The van der Waals surface area contributed by atoms with E-state index >= 15 is 0 Å². The van der Waals surface area contributed by atoms with Crippen LogP contribution in [0.5, 0.6) is 0 Å². The maximum Gasteiger partial charge on any atom is 0.328 e. The fraction of sp³-hybridized carbons (Fsp3) is 0.200. The molecule has 0 aliphatic carbocycles. The van der Waals surface area contributed by atoms with Gasteiger partial charge in [-0.3, -0.25) is 4.72 Å². The molecule has 1 aromatic rings. The average molecular weight is 271 g/mol. The third-order valence-electron chi connectivity index (χ3n) is 1.78. The minimum absolute atomic E-state index is 0.114. The van der Waals surface area contributed by atoms with Crippen LogP contribution in [0.15, 0.2) is 24.4 Å². The van der Waals surface area contributed by atoms with Crippen LogP contribution in [0.2, 0.25) is 0 Å². The van der Waals surface area contributed by atoms with Crippen LogP contribution >= 0.6 is 0 Å². The first-order valence-corrected chi connectivity index (χ1v) is 6.55. The van der Waals surface area contributed by atoms with E-state index in [1.54, 1.807) is 13.0 Å². The lowest BCUT2D eigenvalue weighted by Gasteiger charge is -2.07. The Kier molecular flexibility index (Phi) is 4.81. The Morgan fingerprint density at radius 2 is 2.28 bits per heavy atom. The van der Waals surface area contributed by atoms with E-state index in [-0.39, 0.29) is 12.4 Å². The van der Waals surface area contributed by atoms with Crippen molar-refractivity contribution in [2.45, 2.75) is 6.92 Å². The Labute approximate surface area is 105 Å². The molecule has 8 heteroatoms. The van der Waals surface area contributed by atoms with Crippen molar-refractivity contribution in [3.05, 3.63) is 30.0 Å². The molecule has 0 saturated heterocycles. The molecule has 0 atom stereocenters. The SMILES string of the molecule is CCNS(=O)(=O)Nc1cc(/C=C/C(=O)O)ccn1. The third-order valence-corrected chi connectivity index (χ3v) is 2.92. The van der Waals surface area contributed by atoms with Gasteiger partial charge in [-0.15, -0.1) is 0 Å². The summed E-state index contributed by atoms with van der Waals surface area (Å²) in [4.78, 5) is 14.2. The largest absolute Gasteiger partial charge is 0.478 e. The van der Waals surface area contributed by atoms with Crippen molar-refractivity contribution in [1.29, 1.82) is 0 Å². The van der Waals surface area contributed by atoms with Gasteiger partial charge in [0.15, 0.2) is 0 Å². The van der Waals surface area contributed by atoms with Crippen molar-refractivity contribution in [3.63, 3.8) is 0 Å². The summed E-state index contributed by atoms with van der Waals surface area (Å²) >= 11 is 0. The van der Waals surface area contributed by atoms with Gasteiger partial charge in [0, 0.05) is 18.8 Å². The van der Waals surface area contributed by atoms with Crippen molar-refractivity contribution >= 4 is 28.1 Å². The Morgan fingerprint density at radius 3 is 2.89 bits per heavy atom. The van der Waals surface area contributed by atoms with Crippen LogP contribution in [0.25, 0.3) is 6.08 Å². The van der Waals surface area contributed by atoms with E-state index in [0.717, 1.165) is 6.08 Å². The highest BCUT2D eigenvalue weighted by Gasteiger charge is 2.08. The van der Waals surface area contributed by atoms with Crippen LogP contribution in [0, 0.1) is 0 Å². The van der Waals surface area contributed by atoms with Crippen molar-refractivity contribution in [2.24, 2.45) is 0 Å². The zero-order valence-electron chi connectivity index (χ0n) is 9.62. The van der Waals surface area contributed by atoms with Gasteiger partial charge in [0.1, 0.15) is 5.82 Å². The van der Waals surface area contributed by atoms with Crippen LogP contribution in [0.4, 0.5) is 5.82 Å². The first-order valence-electron chi connectivity index (χ1n) is 5.07. The molecule has 0 aliphatic heterocycles. The summed E-state index contributed by atoms with van der Waals surface area (Å²) in [5, 5.41) is 8.48. The molecule has 0 bridgehead atoms. The number of hydrogen-bond donors (Lipinski definition) is 3. The topological polar surface area (TPSA) is 108 Å². The summed E-state index contributed by atoms with van der Waals surface area (Å²) in [5.41, 5.74) is 0.529. The summed E-state index contributed by atoms with van der Waals surface area (Å²) in [6, 6.07) is 2.98. The quantitative estimate of drug-likeness (QED) is 0.651. The van der Waals surface area contributed by atoms with Crippen LogP contribution in [-0.4, -0.2) is 31.0 Å². The Bertz CT molecular complexity index is 554.